The minimum absolute atomic E-state index is 0.0369. The van der Waals surface area contributed by atoms with Gasteiger partial charge in [0.05, 0.1) is 18.0 Å². The van der Waals surface area contributed by atoms with Crippen molar-refractivity contribution in [1.82, 2.24) is 15.5 Å². The van der Waals surface area contributed by atoms with E-state index < -0.39 is 28.7 Å². The second kappa shape index (κ2) is 11.2. The number of hydrogen-bond donors (Lipinski definition) is 2. The van der Waals surface area contributed by atoms with Crippen LogP contribution in [0.3, 0.4) is 0 Å². The van der Waals surface area contributed by atoms with Crippen molar-refractivity contribution >= 4 is 40.8 Å². The van der Waals surface area contributed by atoms with Crippen LogP contribution in [0.2, 0.25) is 0 Å². The number of thiocarbonyl (C=S) groups is 1. The third kappa shape index (κ3) is 6.48. The minimum atomic E-state index is -0.907. The largest absolute Gasteiger partial charge is 0.466 e. The fraction of sp³-hybridized carbons (Fsp3) is 0.474. The number of carbonyl (C=O) groups excluding carboxylic acids is 3. The van der Waals surface area contributed by atoms with Crippen molar-refractivity contribution in [3.8, 4) is 0 Å². The molecule has 0 aromatic heterocycles. The van der Waals surface area contributed by atoms with Crippen LogP contribution in [0, 0.1) is 10.1 Å². The number of esters is 1. The van der Waals surface area contributed by atoms with Crippen molar-refractivity contribution in [2.75, 3.05) is 19.7 Å². The van der Waals surface area contributed by atoms with Gasteiger partial charge in [-0.2, -0.15) is 0 Å². The lowest BCUT2D eigenvalue weighted by Gasteiger charge is -2.36. The van der Waals surface area contributed by atoms with Crippen molar-refractivity contribution < 1.29 is 24.0 Å². The molecule has 2 amide bonds. The first-order valence-electron chi connectivity index (χ1n) is 9.63. The minimum Gasteiger partial charge on any atom is -0.466 e. The molecule has 2 N–H and O–H groups in total. The Morgan fingerprint density at radius 3 is 2.87 bits per heavy atom. The Morgan fingerprint density at radius 2 is 2.17 bits per heavy atom. The van der Waals surface area contributed by atoms with Crippen LogP contribution >= 0.6 is 12.2 Å². The highest BCUT2D eigenvalue weighted by Gasteiger charge is 2.34. The first kappa shape index (κ1) is 23.2. The smallest absolute Gasteiger partial charge is 0.308 e. The SMILES string of the molecule is CCCCCOC(=O)CC1C(=O)NCCN1C(=S)NC(=O)c1cccc([N+](=O)[O-])c1. The summed E-state index contributed by atoms with van der Waals surface area (Å²) < 4.78 is 5.17. The van der Waals surface area contributed by atoms with Crippen LogP contribution in [0.25, 0.3) is 0 Å². The molecule has 10 nitrogen and oxygen atoms in total. The van der Waals surface area contributed by atoms with Crippen LogP contribution in [0.5, 0.6) is 0 Å². The van der Waals surface area contributed by atoms with Crippen molar-refractivity contribution in [3.63, 3.8) is 0 Å². The van der Waals surface area contributed by atoms with Gasteiger partial charge < -0.3 is 15.0 Å². The lowest BCUT2D eigenvalue weighted by Crippen LogP contribution is -2.60. The third-order valence-electron chi connectivity index (χ3n) is 4.50. The molecule has 1 fully saturated rings. The summed E-state index contributed by atoms with van der Waals surface area (Å²) in [7, 11) is 0. The summed E-state index contributed by atoms with van der Waals surface area (Å²) in [5, 5.41) is 16.0. The van der Waals surface area contributed by atoms with Gasteiger partial charge in [0.2, 0.25) is 5.91 Å². The molecular formula is C19H24N4O6S. The number of ether oxygens (including phenoxy) is 1. The van der Waals surface area contributed by atoms with Gasteiger partial charge in [-0.05, 0) is 24.7 Å². The second-order valence-electron chi connectivity index (χ2n) is 6.70. The van der Waals surface area contributed by atoms with Gasteiger partial charge in [-0.15, -0.1) is 0 Å². The van der Waals surface area contributed by atoms with Crippen molar-refractivity contribution in [2.24, 2.45) is 0 Å². The fourth-order valence-corrected chi connectivity index (χ4v) is 3.23. The van der Waals surface area contributed by atoms with Gasteiger partial charge in [-0.3, -0.25) is 29.8 Å². The van der Waals surface area contributed by atoms with Gasteiger partial charge in [-0.25, -0.2) is 0 Å². The summed E-state index contributed by atoms with van der Waals surface area (Å²) in [6.07, 6.45) is 2.48. The fourth-order valence-electron chi connectivity index (χ4n) is 2.92. The number of nitrogens with zero attached hydrogens (tertiary/aromatic N) is 2. The molecular weight excluding hydrogens is 412 g/mol. The molecule has 1 atom stereocenters. The molecule has 1 heterocycles. The monoisotopic (exact) mass is 436 g/mol. The maximum Gasteiger partial charge on any atom is 0.308 e. The van der Waals surface area contributed by atoms with E-state index in [-0.39, 0.29) is 29.4 Å². The molecule has 0 radical (unpaired) electrons. The number of benzene rings is 1. The molecule has 1 aromatic carbocycles. The Kier molecular flexibility index (Phi) is 8.66. The molecule has 0 saturated carbocycles. The van der Waals surface area contributed by atoms with E-state index in [0.29, 0.717) is 13.1 Å². The summed E-state index contributed by atoms with van der Waals surface area (Å²) in [5.41, 5.74) is -0.172. The number of amides is 2. The van der Waals surface area contributed by atoms with Crippen molar-refractivity contribution in [2.45, 2.75) is 38.6 Å². The summed E-state index contributed by atoms with van der Waals surface area (Å²) in [6, 6.07) is 4.30. The number of piperazine rings is 1. The van der Waals surface area contributed by atoms with E-state index in [9.17, 15) is 24.5 Å². The van der Waals surface area contributed by atoms with E-state index in [4.69, 9.17) is 17.0 Å². The maximum absolute atomic E-state index is 12.4. The Bertz CT molecular complexity index is 831. The highest BCUT2D eigenvalue weighted by Crippen LogP contribution is 2.14. The highest BCUT2D eigenvalue weighted by atomic mass is 32.1. The van der Waals surface area contributed by atoms with Crippen LogP contribution in [-0.2, 0) is 14.3 Å². The highest BCUT2D eigenvalue weighted by molar-refractivity contribution is 7.80. The number of rotatable bonds is 8. The zero-order chi connectivity index (χ0) is 22.1. The molecule has 11 heteroatoms. The molecule has 0 bridgehead atoms. The van der Waals surface area contributed by atoms with Crippen LogP contribution in [0.15, 0.2) is 24.3 Å². The van der Waals surface area contributed by atoms with Crippen molar-refractivity contribution in [3.05, 3.63) is 39.9 Å². The van der Waals surface area contributed by atoms with Gasteiger partial charge in [0.25, 0.3) is 11.6 Å². The van der Waals surface area contributed by atoms with E-state index in [1.807, 2.05) is 6.92 Å². The molecule has 1 aromatic rings. The van der Waals surface area contributed by atoms with E-state index in [0.717, 1.165) is 25.3 Å². The Morgan fingerprint density at radius 1 is 1.40 bits per heavy atom. The number of nitrogens with one attached hydrogen (secondary N) is 2. The van der Waals surface area contributed by atoms with Gasteiger partial charge in [-0.1, -0.05) is 25.8 Å². The van der Waals surface area contributed by atoms with E-state index in [2.05, 4.69) is 10.6 Å². The van der Waals surface area contributed by atoms with E-state index in [1.165, 1.54) is 23.1 Å². The average Bonchev–Trinajstić information content (AvgIpc) is 2.72. The van der Waals surface area contributed by atoms with E-state index >= 15 is 0 Å². The summed E-state index contributed by atoms with van der Waals surface area (Å²) in [4.78, 5) is 48.6. The summed E-state index contributed by atoms with van der Waals surface area (Å²) in [5.74, 6) is -1.56. The standard InChI is InChI=1S/C19H24N4O6S/c1-2-3-4-10-29-16(24)12-15-18(26)20-8-9-22(15)19(30)21-17(25)13-6-5-7-14(11-13)23(27)28/h5-7,11,15H,2-4,8-10,12H2,1H3,(H,20,26)(H,21,25,30). The third-order valence-corrected chi connectivity index (χ3v) is 4.84. The van der Waals surface area contributed by atoms with Gasteiger partial charge in [0, 0.05) is 30.8 Å². The molecule has 1 aliphatic heterocycles. The van der Waals surface area contributed by atoms with Crippen LogP contribution in [0.4, 0.5) is 5.69 Å². The zero-order valence-corrected chi connectivity index (χ0v) is 17.4. The lowest BCUT2D eigenvalue weighted by atomic mass is 10.1. The number of nitro groups is 1. The number of carbonyl (C=O) groups is 3. The normalized spacial score (nSPS) is 15.8. The first-order chi connectivity index (χ1) is 14.3. The molecule has 1 saturated heterocycles. The first-order valence-corrected chi connectivity index (χ1v) is 10.0. The Hall–Kier alpha value is -3.08. The quantitative estimate of drug-likeness (QED) is 0.206. The number of nitro benzene ring substituents is 1. The zero-order valence-electron chi connectivity index (χ0n) is 16.6. The molecule has 1 aliphatic rings. The molecule has 0 aliphatic carbocycles. The average molecular weight is 436 g/mol. The second-order valence-corrected chi connectivity index (χ2v) is 7.09. The van der Waals surface area contributed by atoms with Gasteiger partial charge in [0.1, 0.15) is 6.04 Å². The molecule has 30 heavy (non-hydrogen) atoms. The molecule has 0 spiro atoms. The molecule has 2 rings (SSSR count). The van der Waals surface area contributed by atoms with Crippen molar-refractivity contribution in [1.29, 1.82) is 0 Å². The van der Waals surface area contributed by atoms with E-state index in [1.54, 1.807) is 0 Å². The number of unbranched alkanes of at least 4 members (excludes halogenated alkanes) is 2. The van der Waals surface area contributed by atoms with Crippen LogP contribution in [-0.4, -0.2) is 58.5 Å². The number of non-ortho nitro benzene ring substituents is 1. The predicted octanol–water partition coefficient (Wildman–Crippen LogP) is 1.53. The number of hydrogen-bond acceptors (Lipinski definition) is 7. The Labute approximate surface area is 179 Å². The molecule has 1 unspecified atom stereocenters. The van der Waals surface area contributed by atoms with Crippen LogP contribution < -0.4 is 10.6 Å². The predicted molar refractivity (Wildman–Crippen MR) is 112 cm³/mol. The topological polar surface area (TPSA) is 131 Å². The van der Waals surface area contributed by atoms with Gasteiger partial charge in [0.15, 0.2) is 5.11 Å². The summed E-state index contributed by atoms with van der Waals surface area (Å²) in [6.45, 7) is 2.92. The molecule has 162 valence electrons. The summed E-state index contributed by atoms with van der Waals surface area (Å²) >= 11 is 5.27. The maximum atomic E-state index is 12.4. The lowest BCUT2D eigenvalue weighted by molar-refractivity contribution is -0.384. The Balaban J connectivity index is 2.01. The van der Waals surface area contributed by atoms with Crippen LogP contribution in [0.1, 0.15) is 43.0 Å². The van der Waals surface area contributed by atoms with Gasteiger partial charge >= 0.3 is 5.97 Å².